The Morgan fingerprint density at radius 1 is 0.828 bits per heavy atom. The van der Waals surface area contributed by atoms with Gasteiger partial charge in [-0.3, -0.25) is 9.79 Å². The molecule has 3 rings (SSSR count). The number of carbonyl (C=O) groups excluding carboxylic acids is 1. The lowest BCUT2D eigenvalue weighted by atomic mass is 9.80. The zero-order valence-corrected chi connectivity index (χ0v) is 17.4. The molecule has 3 aromatic carbocycles. The number of hydrogen-bond donors (Lipinski definition) is 1. The summed E-state index contributed by atoms with van der Waals surface area (Å²) in [7, 11) is 0. The van der Waals surface area contributed by atoms with Crippen LogP contribution >= 0.6 is 0 Å². The molecule has 1 N–H and O–H groups in total. The predicted octanol–water partition coefficient (Wildman–Crippen LogP) is 5.64. The van der Waals surface area contributed by atoms with E-state index in [4.69, 9.17) is 4.99 Å². The Bertz CT molecular complexity index is 976. The van der Waals surface area contributed by atoms with Gasteiger partial charge in [0.1, 0.15) is 5.75 Å². The highest BCUT2D eigenvalue weighted by Crippen LogP contribution is 2.36. The van der Waals surface area contributed by atoms with Crippen molar-refractivity contribution in [1.29, 1.82) is 0 Å². The van der Waals surface area contributed by atoms with Crippen molar-refractivity contribution in [2.75, 3.05) is 0 Å². The van der Waals surface area contributed by atoms with Crippen molar-refractivity contribution in [3.05, 3.63) is 101 Å². The van der Waals surface area contributed by atoms with Crippen molar-refractivity contribution in [1.82, 2.24) is 0 Å². The van der Waals surface area contributed by atoms with Crippen LogP contribution in [0.2, 0.25) is 0 Å². The van der Waals surface area contributed by atoms with Crippen molar-refractivity contribution < 1.29 is 9.90 Å². The molecule has 0 saturated heterocycles. The van der Waals surface area contributed by atoms with Gasteiger partial charge >= 0.3 is 0 Å². The monoisotopic (exact) mass is 385 g/mol. The first-order valence-electron chi connectivity index (χ1n) is 9.76. The van der Waals surface area contributed by atoms with E-state index in [-0.39, 0.29) is 16.9 Å². The molecule has 148 valence electrons. The summed E-state index contributed by atoms with van der Waals surface area (Å²) >= 11 is 0. The fraction of sp³-hybridized carbons (Fsp3) is 0.231. The second-order valence-electron chi connectivity index (χ2n) is 8.25. The fourth-order valence-corrected chi connectivity index (χ4v) is 3.61. The van der Waals surface area contributed by atoms with Crippen molar-refractivity contribution >= 4 is 12.0 Å². The first-order chi connectivity index (χ1) is 13.8. The van der Waals surface area contributed by atoms with Gasteiger partial charge in [0.05, 0.1) is 0 Å². The topological polar surface area (TPSA) is 49.7 Å². The molecule has 0 spiro atoms. The molecule has 3 heteroatoms. The van der Waals surface area contributed by atoms with Crippen LogP contribution < -0.4 is 0 Å². The maximum atomic E-state index is 13.0. The molecule has 0 atom stereocenters. The third-order valence-corrected chi connectivity index (χ3v) is 5.17. The van der Waals surface area contributed by atoms with Crippen molar-refractivity contribution in [2.24, 2.45) is 4.99 Å². The van der Waals surface area contributed by atoms with Crippen LogP contribution in [0.4, 0.5) is 0 Å². The number of aliphatic imine (C=N–C) groups is 1. The molecule has 3 nitrogen and oxygen atoms in total. The molecule has 0 aliphatic heterocycles. The zero-order valence-electron chi connectivity index (χ0n) is 17.4. The average Bonchev–Trinajstić information content (AvgIpc) is 2.70. The minimum absolute atomic E-state index is 0.0855. The number of rotatable bonds is 5. The van der Waals surface area contributed by atoms with Gasteiger partial charge in [-0.2, -0.15) is 0 Å². The largest absolute Gasteiger partial charge is 0.507 e. The third-order valence-electron chi connectivity index (χ3n) is 5.17. The smallest absolute Gasteiger partial charge is 0.168 e. The molecule has 0 bridgehead atoms. The Kier molecular flexibility index (Phi) is 5.69. The molecular weight excluding hydrogens is 358 g/mol. The molecule has 29 heavy (non-hydrogen) atoms. The van der Waals surface area contributed by atoms with E-state index in [2.05, 4.69) is 20.8 Å². The number of Topliss-reactive ketones (excluding diaryl/α,β-unsaturated/α-hetero) is 1. The van der Waals surface area contributed by atoms with Crippen LogP contribution in [-0.4, -0.2) is 17.1 Å². The number of hydrogen-bond acceptors (Lipinski definition) is 3. The van der Waals surface area contributed by atoms with Gasteiger partial charge in [0.25, 0.3) is 0 Å². The lowest BCUT2D eigenvalue weighted by Crippen LogP contribution is -2.33. The molecule has 0 unspecified atom stereocenters. The number of phenols is 1. The molecule has 0 fully saturated rings. The van der Waals surface area contributed by atoms with Crippen molar-refractivity contribution in [3.63, 3.8) is 0 Å². The second kappa shape index (κ2) is 8.04. The molecule has 0 amide bonds. The number of para-hydroxylation sites is 1. The van der Waals surface area contributed by atoms with E-state index in [9.17, 15) is 9.90 Å². The van der Waals surface area contributed by atoms with E-state index in [0.717, 1.165) is 16.7 Å². The van der Waals surface area contributed by atoms with Gasteiger partial charge in [0, 0.05) is 11.8 Å². The number of aromatic hydroxyl groups is 1. The van der Waals surface area contributed by atoms with Crippen LogP contribution in [0.1, 0.15) is 49.9 Å². The predicted molar refractivity (Wildman–Crippen MR) is 119 cm³/mol. The van der Waals surface area contributed by atoms with Crippen molar-refractivity contribution in [3.8, 4) is 5.75 Å². The highest BCUT2D eigenvalue weighted by atomic mass is 16.3. The van der Waals surface area contributed by atoms with E-state index in [1.165, 1.54) is 0 Å². The van der Waals surface area contributed by atoms with Gasteiger partial charge in [-0.05, 0) is 35.1 Å². The molecule has 0 aliphatic carbocycles. The number of benzene rings is 3. The summed E-state index contributed by atoms with van der Waals surface area (Å²) in [5, 5.41) is 10.8. The molecule has 0 aliphatic rings. The summed E-state index contributed by atoms with van der Waals surface area (Å²) < 4.78 is 0. The van der Waals surface area contributed by atoms with Gasteiger partial charge in [0.2, 0.25) is 0 Å². The second-order valence-corrected chi connectivity index (χ2v) is 8.25. The SMILES string of the molecule is CC(=O)C(N=Cc1cccc(C(C)(C)C)c1O)(c1ccccc1)c1ccccc1. The molecule has 3 aromatic rings. The normalized spacial score (nSPS) is 12.3. The van der Waals surface area contributed by atoms with Gasteiger partial charge in [-0.1, -0.05) is 93.6 Å². The van der Waals surface area contributed by atoms with Crippen molar-refractivity contribution in [2.45, 2.75) is 38.6 Å². The van der Waals surface area contributed by atoms with E-state index in [1.54, 1.807) is 13.1 Å². The average molecular weight is 386 g/mol. The number of ketones is 1. The highest BCUT2D eigenvalue weighted by Gasteiger charge is 2.38. The standard InChI is InChI=1S/C26H27NO2/c1-19(28)26(21-13-7-5-8-14-21,22-15-9-6-10-16-22)27-18-20-12-11-17-23(24(20)29)25(2,3)4/h5-18,29H,1-4H3. The van der Waals surface area contributed by atoms with Gasteiger partial charge in [0.15, 0.2) is 11.3 Å². The first kappa shape index (κ1) is 20.5. The van der Waals surface area contributed by atoms with E-state index < -0.39 is 5.54 Å². The van der Waals surface area contributed by atoms with E-state index in [1.807, 2.05) is 78.9 Å². The molecule has 0 heterocycles. The molecule has 0 saturated carbocycles. The lowest BCUT2D eigenvalue weighted by molar-refractivity contribution is -0.120. The molecular formula is C26H27NO2. The molecule has 0 aromatic heterocycles. The summed E-state index contributed by atoms with van der Waals surface area (Å²) in [5.41, 5.74) is 1.64. The minimum Gasteiger partial charge on any atom is -0.507 e. The Hall–Kier alpha value is -3.20. The van der Waals surface area contributed by atoms with Crippen LogP contribution in [0.5, 0.6) is 5.75 Å². The van der Waals surface area contributed by atoms with E-state index >= 15 is 0 Å². The van der Waals surface area contributed by atoms with Crippen LogP contribution in [0.25, 0.3) is 0 Å². The Balaban J connectivity index is 2.21. The number of phenolic OH excluding ortho intramolecular Hbond substituents is 1. The molecule has 0 radical (unpaired) electrons. The Labute approximate surface area is 172 Å². The summed E-state index contributed by atoms with van der Waals surface area (Å²) in [5.74, 6) is 0.111. The summed E-state index contributed by atoms with van der Waals surface area (Å²) in [6.45, 7) is 7.72. The highest BCUT2D eigenvalue weighted by molar-refractivity contribution is 5.95. The fourth-order valence-electron chi connectivity index (χ4n) is 3.61. The summed E-state index contributed by atoms with van der Waals surface area (Å²) in [4.78, 5) is 17.8. The van der Waals surface area contributed by atoms with Crippen LogP contribution in [0.15, 0.2) is 83.9 Å². The quantitative estimate of drug-likeness (QED) is 0.578. The minimum atomic E-state index is -1.17. The maximum absolute atomic E-state index is 13.0. The van der Waals surface area contributed by atoms with Gasteiger partial charge in [-0.25, -0.2) is 0 Å². The maximum Gasteiger partial charge on any atom is 0.168 e. The van der Waals surface area contributed by atoms with Gasteiger partial charge < -0.3 is 5.11 Å². The summed E-state index contributed by atoms with van der Waals surface area (Å²) in [6, 6.07) is 24.8. The van der Waals surface area contributed by atoms with Gasteiger partial charge in [-0.15, -0.1) is 0 Å². The van der Waals surface area contributed by atoms with Crippen LogP contribution in [0.3, 0.4) is 0 Å². The van der Waals surface area contributed by atoms with Crippen LogP contribution in [0, 0.1) is 0 Å². The Morgan fingerprint density at radius 2 is 1.34 bits per heavy atom. The van der Waals surface area contributed by atoms with Crippen LogP contribution in [-0.2, 0) is 15.7 Å². The lowest BCUT2D eigenvalue weighted by Gasteiger charge is -2.28. The van der Waals surface area contributed by atoms with E-state index in [0.29, 0.717) is 5.56 Å². The Morgan fingerprint density at radius 3 is 1.79 bits per heavy atom. The summed E-state index contributed by atoms with van der Waals surface area (Å²) in [6.07, 6.45) is 1.62. The first-order valence-corrected chi connectivity index (χ1v) is 9.76. The number of carbonyl (C=O) groups is 1. The zero-order chi connectivity index (χ0) is 21.1. The number of nitrogens with zero attached hydrogens (tertiary/aromatic N) is 1. The third kappa shape index (κ3) is 4.00.